The Morgan fingerprint density at radius 1 is 0.964 bits per heavy atom. The zero-order valence-electron chi connectivity index (χ0n) is 15.6. The maximum Gasteiger partial charge on any atom is 0.225 e. The van der Waals surface area contributed by atoms with Gasteiger partial charge in [-0.25, -0.2) is 8.42 Å². The number of piperazine rings is 1. The number of amides is 2. The molecule has 1 aliphatic carbocycles. The van der Waals surface area contributed by atoms with E-state index in [0.717, 1.165) is 12.8 Å². The fraction of sp³-hybridized carbons (Fsp3) is 0.579. The zero-order chi connectivity index (χ0) is 19.7. The van der Waals surface area contributed by atoms with Crippen LogP contribution >= 0.6 is 0 Å². The summed E-state index contributed by atoms with van der Waals surface area (Å²) >= 11 is 0. The molecule has 0 N–H and O–H groups in total. The van der Waals surface area contributed by atoms with E-state index in [-0.39, 0.29) is 34.8 Å². The molecule has 2 fully saturated rings. The van der Waals surface area contributed by atoms with E-state index in [1.165, 1.54) is 12.1 Å². The Labute approximate surface area is 164 Å². The molecule has 3 aliphatic rings. The van der Waals surface area contributed by atoms with Crippen LogP contribution < -0.4 is 9.47 Å². The quantitative estimate of drug-likeness (QED) is 0.712. The van der Waals surface area contributed by atoms with Crippen LogP contribution in [0.5, 0.6) is 11.5 Å². The monoisotopic (exact) mass is 408 g/mol. The molecule has 1 aromatic carbocycles. The summed E-state index contributed by atoms with van der Waals surface area (Å²) in [7, 11) is -3.60. The molecule has 0 unspecified atom stereocenters. The molecule has 1 saturated heterocycles. The molecule has 8 nitrogen and oxygen atoms in total. The average Bonchev–Trinajstić information content (AvgIpc) is 3.56. The summed E-state index contributed by atoms with van der Waals surface area (Å²) in [5, 5.41) is 0. The van der Waals surface area contributed by atoms with Gasteiger partial charge in [-0.15, -0.1) is 0 Å². The van der Waals surface area contributed by atoms with Gasteiger partial charge in [-0.3, -0.25) is 9.59 Å². The van der Waals surface area contributed by atoms with E-state index in [1.807, 2.05) is 4.90 Å². The Kier molecular flexibility index (Phi) is 5.18. The number of hydrogen-bond donors (Lipinski definition) is 0. The fourth-order valence-corrected chi connectivity index (χ4v) is 4.72. The first-order valence-corrected chi connectivity index (χ1v) is 11.3. The third-order valence-corrected chi connectivity index (χ3v) is 7.04. The Bertz CT molecular complexity index is 872. The number of hydrogen-bond acceptors (Lipinski definition) is 6. The van der Waals surface area contributed by atoms with Gasteiger partial charge in [0.1, 0.15) is 13.2 Å². The molecular weight excluding hydrogens is 384 g/mol. The Hall–Kier alpha value is -2.29. The van der Waals surface area contributed by atoms with Gasteiger partial charge in [0.15, 0.2) is 21.3 Å². The molecule has 1 aromatic rings. The molecule has 9 heteroatoms. The van der Waals surface area contributed by atoms with Crippen LogP contribution in [0.4, 0.5) is 0 Å². The highest BCUT2D eigenvalue weighted by molar-refractivity contribution is 7.91. The summed E-state index contributed by atoms with van der Waals surface area (Å²) < 4.78 is 36.1. The van der Waals surface area contributed by atoms with Crippen LogP contribution in [0.15, 0.2) is 23.1 Å². The minimum absolute atomic E-state index is 0.0760. The highest BCUT2D eigenvalue weighted by Gasteiger charge is 2.35. The Balaban J connectivity index is 1.31. The van der Waals surface area contributed by atoms with Crippen molar-refractivity contribution in [3.8, 4) is 11.5 Å². The van der Waals surface area contributed by atoms with Crippen LogP contribution in [0.3, 0.4) is 0 Å². The topological polar surface area (TPSA) is 93.2 Å². The lowest BCUT2D eigenvalue weighted by Crippen LogP contribution is -2.51. The first kappa shape index (κ1) is 19.0. The second-order valence-electron chi connectivity index (χ2n) is 7.35. The van der Waals surface area contributed by atoms with Crippen molar-refractivity contribution in [1.29, 1.82) is 0 Å². The van der Waals surface area contributed by atoms with Crippen LogP contribution in [0.25, 0.3) is 0 Å². The third kappa shape index (κ3) is 4.09. The van der Waals surface area contributed by atoms with E-state index in [9.17, 15) is 18.0 Å². The van der Waals surface area contributed by atoms with Gasteiger partial charge >= 0.3 is 0 Å². The Morgan fingerprint density at radius 3 is 2.29 bits per heavy atom. The SMILES string of the molecule is O=C(CCS(=O)(=O)c1ccc2c(c1)OCCO2)N1CCN(C(=O)C2CC2)CC1. The van der Waals surface area contributed by atoms with Crippen LogP contribution in [-0.2, 0) is 19.4 Å². The van der Waals surface area contributed by atoms with Crippen LogP contribution in [0, 0.1) is 5.92 Å². The summed E-state index contributed by atoms with van der Waals surface area (Å²) in [6, 6.07) is 4.52. The second kappa shape index (κ2) is 7.62. The van der Waals surface area contributed by atoms with E-state index in [4.69, 9.17) is 9.47 Å². The van der Waals surface area contributed by atoms with Gasteiger partial charge in [0.2, 0.25) is 11.8 Å². The van der Waals surface area contributed by atoms with Gasteiger partial charge in [-0.2, -0.15) is 0 Å². The molecule has 1 saturated carbocycles. The number of ether oxygens (including phenoxy) is 2. The van der Waals surface area contributed by atoms with E-state index < -0.39 is 9.84 Å². The largest absolute Gasteiger partial charge is 0.486 e. The predicted octanol–water partition coefficient (Wildman–Crippen LogP) is 0.702. The molecule has 0 atom stereocenters. The smallest absolute Gasteiger partial charge is 0.225 e. The minimum Gasteiger partial charge on any atom is -0.486 e. The molecule has 0 bridgehead atoms. The van der Waals surface area contributed by atoms with Crippen molar-refractivity contribution in [3.05, 3.63) is 18.2 Å². The number of benzene rings is 1. The Morgan fingerprint density at radius 2 is 1.61 bits per heavy atom. The van der Waals surface area contributed by atoms with Crippen molar-refractivity contribution in [3.63, 3.8) is 0 Å². The van der Waals surface area contributed by atoms with Gasteiger partial charge < -0.3 is 19.3 Å². The van der Waals surface area contributed by atoms with Crippen molar-refractivity contribution in [2.45, 2.75) is 24.2 Å². The van der Waals surface area contributed by atoms with Gasteiger partial charge in [-0.1, -0.05) is 0 Å². The number of nitrogens with zero attached hydrogens (tertiary/aromatic N) is 2. The number of carbonyl (C=O) groups is 2. The van der Waals surface area contributed by atoms with E-state index in [1.54, 1.807) is 11.0 Å². The lowest BCUT2D eigenvalue weighted by molar-refractivity contribution is -0.140. The normalized spacial score (nSPS) is 19.4. The third-order valence-electron chi connectivity index (χ3n) is 5.33. The maximum atomic E-state index is 12.6. The molecule has 152 valence electrons. The lowest BCUT2D eigenvalue weighted by Gasteiger charge is -2.35. The molecular formula is C19H24N2O6S. The molecule has 2 heterocycles. The van der Waals surface area contributed by atoms with Crippen LogP contribution in [0.1, 0.15) is 19.3 Å². The number of rotatable bonds is 5. The molecule has 2 amide bonds. The highest BCUT2D eigenvalue weighted by atomic mass is 32.2. The molecule has 0 spiro atoms. The molecule has 28 heavy (non-hydrogen) atoms. The first-order valence-electron chi connectivity index (χ1n) is 9.63. The van der Waals surface area contributed by atoms with E-state index >= 15 is 0 Å². The van der Waals surface area contributed by atoms with E-state index in [2.05, 4.69) is 0 Å². The summed E-state index contributed by atoms with van der Waals surface area (Å²) in [4.78, 5) is 28.1. The highest BCUT2D eigenvalue weighted by Crippen LogP contribution is 2.33. The van der Waals surface area contributed by atoms with Crippen molar-refractivity contribution in [2.24, 2.45) is 5.92 Å². The summed E-state index contributed by atoms with van der Waals surface area (Å²) in [5.74, 6) is 0.855. The van der Waals surface area contributed by atoms with Gasteiger partial charge in [-0.05, 0) is 25.0 Å². The van der Waals surface area contributed by atoms with Crippen molar-refractivity contribution >= 4 is 21.7 Å². The second-order valence-corrected chi connectivity index (χ2v) is 9.46. The van der Waals surface area contributed by atoms with Gasteiger partial charge in [0.05, 0.1) is 10.6 Å². The van der Waals surface area contributed by atoms with Gasteiger partial charge in [0, 0.05) is 44.6 Å². The van der Waals surface area contributed by atoms with Crippen LogP contribution in [0.2, 0.25) is 0 Å². The summed E-state index contributed by atoms with van der Waals surface area (Å²) in [6.07, 6.45) is 1.86. The number of carbonyl (C=O) groups excluding carboxylic acids is 2. The zero-order valence-corrected chi connectivity index (χ0v) is 16.4. The minimum atomic E-state index is -3.60. The fourth-order valence-electron chi connectivity index (χ4n) is 3.48. The van der Waals surface area contributed by atoms with Crippen molar-refractivity contribution in [2.75, 3.05) is 45.1 Å². The molecule has 0 radical (unpaired) electrons. The number of fused-ring (bicyclic) bond motifs is 1. The lowest BCUT2D eigenvalue weighted by atomic mass is 10.2. The average molecular weight is 408 g/mol. The summed E-state index contributed by atoms with van der Waals surface area (Å²) in [6.45, 7) is 2.78. The maximum absolute atomic E-state index is 12.6. The standard InChI is InChI=1S/C19H24N2O6S/c22-18(20-6-8-21(9-7-20)19(23)14-1-2-14)5-12-28(24,25)15-3-4-16-17(13-15)27-11-10-26-16/h3-4,13-14H,1-2,5-12H2. The van der Waals surface area contributed by atoms with Crippen molar-refractivity contribution < 1.29 is 27.5 Å². The predicted molar refractivity (Wildman–Crippen MR) is 100.0 cm³/mol. The summed E-state index contributed by atoms with van der Waals surface area (Å²) in [5.41, 5.74) is 0. The number of sulfone groups is 1. The van der Waals surface area contributed by atoms with E-state index in [0.29, 0.717) is 50.9 Å². The molecule has 2 aliphatic heterocycles. The van der Waals surface area contributed by atoms with Gasteiger partial charge in [0.25, 0.3) is 0 Å². The van der Waals surface area contributed by atoms with Crippen LogP contribution in [-0.4, -0.2) is 75.2 Å². The molecule has 0 aromatic heterocycles. The first-order chi connectivity index (χ1) is 13.4. The van der Waals surface area contributed by atoms with Crippen molar-refractivity contribution in [1.82, 2.24) is 9.80 Å². The molecule has 4 rings (SSSR count).